The van der Waals surface area contributed by atoms with E-state index in [1.165, 1.54) is 55.9 Å². The van der Waals surface area contributed by atoms with Gasteiger partial charge in [0.15, 0.2) is 0 Å². The van der Waals surface area contributed by atoms with E-state index in [-0.39, 0.29) is 12.4 Å². The lowest BCUT2D eigenvalue weighted by Gasteiger charge is -2.37. The van der Waals surface area contributed by atoms with Gasteiger partial charge >= 0.3 is 6.36 Å². The van der Waals surface area contributed by atoms with Crippen LogP contribution in [0.4, 0.5) is 17.6 Å². The summed E-state index contributed by atoms with van der Waals surface area (Å²) >= 11 is 0. The zero-order valence-electron chi connectivity index (χ0n) is 16.5. The van der Waals surface area contributed by atoms with Crippen molar-refractivity contribution in [3.05, 3.63) is 29.8 Å². The number of alkyl halides is 4. The first kappa shape index (κ1) is 21.7. The highest BCUT2D eigenvalue weighted by Gasteiger charge is 2.32. The van der Waals surface area contributed by atoms with Crippen LogP contribution in [0, 0.1) is 11.8 Å². The van der Waals surface area contributed by atoms with E-state index in [1.54, 1.807) is 12.1 Å². The molecule has 1 saturated carbocycles. The average Bonchev–Trinajstić information content (AvgIpc) is 2.68. The summed E-state index contributed by atoms with van der Waals surface area (Å²) in [6, 6.07) is 10.7. The molecule has 6 heteroatoms. The molecule has 1 heterocycles. The monoisotopic (exact) mass is 416 g/mol. The lowest BCUT2D eigenvalue weighted by Crippen LogP contribution is -2.28. The second-order valence-corrected chi connectivity index (χ2v) is 12.2. The predicted octanol–water partition coefficient (Wildman–Crippen LogP) is 7.25. The van der Waals surface area contributed by atoms with Crippen molar-refractivity contribution in [1.29, 1.82) is 0 Å². The van der Waals surface area contributed by atoms with Crippen molar-refractivity contribution in [2.75, 3.05) is 6.67 Å². The van der Waals surface area contributed by atoms with Gasteiger partial charge in [-0.3, -0.25) is 4.39 Å². The van der Waals surface area contributed by atoms with Crippen LogP contribution in [-0.2, 0) is 0 Å². The third kappa shape index (κ3) is 6.50. The Labute approximate surface area is 167 Å². The van der Waals surface area contributed by atoms with Crippen LogP contribution >= 0.6 is 0 Å². The van der Waals surface area contributed by atoms with Crippen LogP contribution in [0.15, 0.2) is 24.3 Å². The van der Waals surface area contributed by atoms with Gasteiger partial charge < -0.3 is 4.74 Å². The summed E-state index contributed by atoms with van der Waals surface area (Å²) in [6.45, 7) is -0.162. The number of halogens is 4. The van der Waals surface area contributed by atoms with E-state index in [0.717, 1.165) is 43.1 Å². The van der Waals surface area contributed by atoms with Gasteiger partial charge in [0.05, 0.1) is 6.67 Å². The zero-order valence-corrected chi connectivity index (χ0v) is 17.7. The topological polar surface area (TPSA) is 9.23 Å². The normalized spacial score (nSPS) is 28.9. The molecule has 1 aliphatic carbocycles. The second-order valence-electron chi connectivity index (χ2n) is 8.69. The maximum Gasteiger partial charge on any atom is 0.573 e. The second kappa shape index (κ2) is 10.1. The Kier molecular flexibility index (Phi) is 7.83. The fourth-order valence-electron chi connectivity index (χ4n) is 5.34. The van der Waals surface area contributed by atoms with Crippen LogP contribution in [0.1, 0.15) is 62.8 Å². The third-order valence-electron chi connectivity index (χ3n) is 6.91. The average molecular weight is 417 g/mol. The van der Waals surface area contributed by atoms with E-state index in [2.05, 4.69) is 4.74 Å². The summed E-state index contributed by atoms with van der Waals surface area (Å²) < 4.78 is 53.1. The number of hydrogen-bond donors (Lipinski definition) is 0. The number of unbranched alkanes of at least 4 members (excludes halogenated alkanes) is 1. The van der Waals surface area contributed by atoms with Crippen LogP contribution < -0.4 is 4.74 Å². The summed E-state index contributed by atoms with van der Waals surface area (Å²) in [5.74, 6) is 2.01. The molecule has 1 nitrogen and oxygen atoms in total. The van der Waals surface area contributed by atoms with Gasteiger partial charge in [0.2, 0.25) is 0 Å². The summed E-state index contributed by atoms with van der Waals surface area (Å²) in [4.78, 5) is 0. The minimum absolute atomic E-state index is 0.141. The SMILES string of the molecule is FCCCC[SiH]1CCC(C2CCC(c3ccc(OC(F)(F)F)cc3)CC2)CC1. The first-order valence-electron chi connectivity index (χ1n) is 10.9. The van der Waals surface area contributed by atoms with Crippen LogP contribution in [0.2, 0.25) is 18.1 Å². The van der Waals surface area contributed by atoms with Crippen LogP contribution in [0.25, 0.3) is 0 Å². The molecule has 1 aromatic carbocycles. The zero-order chi connectivity index (χ0) is 20.0. The van der Waals surface area contributed by atoms with Gasteiger partial charge in [-0.15, -0.1) is 13.2 Å². The van der Waals surface area contributed by atoms with Crippen molar-refractivity contribution < 1.29 is 22.3 Å². The van der Waals surface area contributed by atoms with Gasteiger partial charge in [0.25, 0.3) is 0 Å². The van der Waals surface area contributed by atoms with Crippen LogP contribution in [0.3, 0.4) is 0 Å². The molecular formula is C22H32F4OSi. The third-order valence-corrected chi connectivity index (χ3v) is 10.4. The fourth-order valence-corrected chi connectivity index (χ4v) is 8.87. The number of hydrogen-bond acceptors (Lipinski definition) is 1. The first-order chi connectivity index (χ1) is 13.4. The highest BCUT2D eigenvalue weighted by atomic mass is 28.3. The standard InChI is InChI=1S/C22H32F4OSi/c23-13-1-2-14-28-15-11-20(12-16-28)18-5-3-17(4-6-18)19-7-9-21(10-8-19)27-22(24,25)26/h7-10,17-18,20,28H,1-6,11-16H2. The maximum absolute atomic E-state index is 12.3. The lowest BCUT2D eigenvalue weighted by atomic mass is 9.72. The molecule has 0 N–H and O–H groups in total. The summed E-state index contributed by atoms with van der Waals surface area (Å²) in [7, 11) is -0.591. The van der Waals surface area contributed by atoms with Gasteiger partial charge in [0.1, 0.15) is 5.75 Å². The molecule has 0 amide bonds. The van der Waals surface area contributed by atoms with Crippen molar-refractivity contribution in [2.24, 2.45) is 11.8 Å². The molecule has 0 aromatic heterocycles. The molecule has 3 rings (SSSR count). The highest BCUT2D eigenvalue weighted by Crippen LogP contribution is 2.43. The Bertz CT molecular complexity index is 573. The molecule has 1 saturated heterocycles. The van der Waals surface area contributed by atoms with E-state index in [1.807, 2.05) is 0 Å². The smallest absolute Gasteiger partial charge is 0.406 e. The van der Waals surface area contributed by atoms with E-state index in [0.29, 0.717) is 5.92 Å². The molecule has 28 heavy (non-hydrogen) atoms. The Morgan fingerprint density at radius 3 is 2.04 bits per heavy atom. The maximum atomic E-state index is 12.3. The predicted molar refractivity (Wildman–Crippen MR) is 107 cm³/mol. The Hall–Kier alpha value is -1.04. The van der Waals surface area contributed by atoms with Crippen molar-refractivity contribution >= 4 is 8.80 Å². The first-order valence-corrected chi connectivity index (χ1v) is 13.3. The molecule has 1 aliphatic heterocycles. The van der Waals surface area contributed by atoms with Gasteiger partial charge in [-0.2, -0.15) is 0 Å². The minimum atomic E-state index is -4.63. The molecule has 158 valence electrons. The largest absolute Gasteiger partial charge is 0.573 e. The van der Waals surface area contributed by atoms with Gasteiger partial charge in [-0.1, -0.05) is 49.5 Å². The van der Waals surface area contributed by atoms with Crippen LogP contribution in [0.5, 0.6) is 5.75 Å². The van der Waals surface area contributed by atoms with Gasteiger partial charge in [-0.25, -0.2) is 0 Å². The van der Waals surface area contributed by atoms with E-state index in [9.17, 15) is 17.6 Å². The molecule has 2 aliphatic rings. The van der Waals surface area contributed by atoms with Gasteiger partial charge in [0, 0.05) is 8.80 Å². The highest BCUT2D eigenvalue weighted by molar-refractivity contribution is 6.58. The van der Waals surface area contributed by atoms with Crippen molar-refractivity contribution in [3.8, 4) is 5.75 Å². The van der Waals surface area contributed by atoms with E-state index in [4.69, 9.17) is 0 Å². The van der Waals surface area contributed by atoms with Crippen molar-refractivity contribution in [3.63, 3.8) is 0 Å². The summed E-state index contributed by atoms with van der Waals surface area (Å²) in [5, 5.41) is 0. The van der Waals surface area contributed by atoms with Crippen LogP contribution in [-0.4, -0.2) is 21.8 Å². The van der Waals surface area contributed by atoms with E-state index < -0.39 is 15.2 Å². The minimum Gasteiger partial charge on any atom is -0.406 e. The Morgan fingerprint density at radius 1 is 0.857 bits per heavy atom. The molecule has 0 unspecified atom stereocenters. The molecule has 1 aromatic rings. The molecular weight excluding hydrogens is 384 g/mol. The fraction of sp³-hybridized carbons (Fsp3) is 0.727. The molecule has 0 bridgehead atoms. The molecule has 0 spiro atoms. The lowest BCUT2D eigenvalue weighted by molar-refractivity contribution is -0.274. The quantitative estimate of drug-likeness (QED) is 0.258. The number of benzene rings is 1. The van der Waals surface area contributed by atoms with E-state index >= 15 is 0 Å². The Balaban J connectivity index is 1.41. The molecule has 2 fully saturated rings. The number of ether oxygens (including phenoxy) is 1. The molecule has 0 radical (unpaired) electrons. The van der Waals surface area contributed by atoms with Crippen molar-refractivity contribution in [2.45, 2.75) is 81.8 Å². The molecule has 0 atom stereocenters. The summed E-state index contributed by atoms with van der Waals surface area (Å²) in [5.41, 5.74) is 1.14. The summed E-state index contributed by atoms with van der Waals surface area (Å²) in [6.07, 6.45) is 4.73. The number of rotatable bonds is 7. The van der Waals surface area contributed by atoms with Gasteiger partial charge in [-0.05, 0) is 67.6 Å². The Morgan fingerprint density at radius 2 is 1.46 bits per heavy atom. The van der Waals surface area contributed by atoms with Crippen molar-refractivity contribution in [1.82, 2.24) is 0 Å².